The van der Waals surface area contributed by atoms with Gasteiger partial charge in [0.25, 0.3) is 0 Å². The van der Waals surface area contributed by atoms with Gasteiger partial charge in [0, 0.05) is 18.3 Å². The summed E-state index contributed by atoms with van der Waals surface area (Å²) in [5.41, 5.74) is 0. The molecule has 0 aromatic carbocycles. The molecule has 0 aliphatic rings. The number of hydrogen-bond donors (Lipinski definition) is 1. The quantitative estimate of drug-likeness (QED) is 0.854. The van der Waals surface area contributed by atoms with E-state index in [-0.39, 0.29) is 13.0 Å². The van der Waals surface area contributed by atoms with Crippen LogP contribution in [0.4, 0.5) is 19.1 Å². The molecule has 4 nitrogen and oxygen atoms in total. The molecule has 0 unspecified atom stereocenters. The highest BCUT2D eigenvalue weighted by molar-refractivity contribution is 7.18. The molecule has 0 saturated carbocycles. The lowest BCUT2D eigenvalue weighted by atomic mass is 10.3. The highest BCUT2D eigenvalue weighted by Gasteiger charge is 2.26. The van der Waals surface area contributed by atoms with E-state index >= 15 is 0 Å². The Bertz CT molecular complexity index is 597. The average Bonchev–Trinajstić information content (AvgIpc) is 2.73. The molecule has 0 aliphatic heterocycles. The molecule has 2 aromatic heterocycles. The monoisotopic (exact) mass is 305 g/mol. The van der Waals surface area contributed by atoms with Crippen LogP contribution in [0.2, 0.25) is 0 Å². The number of thiophene rings is 1. The van der Waals surface area contributed by atoms with Gasteiger partial charge in [-0.3, -0.25) is 0 Å². The third kappa shape index (κ3) is 3.72. The number of nitrogens with one attached hydrogen (secondary N) is 1. The van der Waals surface area contributed by atoms with Gasteiger partial charge in [0.1, 0.15) is 4.83 Å². The molecule has 0 spiro atoms. The van der Waals surface area contributed by atoms with Gasteiger partial charge in [0.15, 0.2) is 0 Å². The molecule has 0 atom stereocenters. The molecular formula is C12H14F3N3OS. The SMILES string of the molecule is CNc1nc(OCCCC(F)(F)F)c2cc(C)sc2n1. The summed E-state index contributed by atoms with van der Waals surface area (Å²) in [7, 11) is 1.68. The minimum absolute atomic E-state index is 0.0241. The van der Waals surface area contributed by atoms with Crippen LogP contribution in [0.15, 0.2) is 6.07 Å². The Kier molecular flexibility index (Phi) is 4.32. The number of fused-ring (bicyclic) bond motifs is 1. The number of nitrogens with zero attached hydrogens (tertiary/aromatic N) is 2. The first-order valence-electron chi connectivity index (χ1n) is 6.04. The summed E-state index contributed by atoms with van der Waals surface area (Å²) in [4.78, 5) is 10.2. The molecule has 2 aromatic rings. The summed E-state index contributed by atoms with van der Waals surface area (Å²) < 4.78 is 41.6. The predicted octanol–water partition coefficient (Wildman–Crippen LogP) is 3.76. The van der Waals surface area contributed by atoms with Crippen LogP contribution in [0.5, 0.6) is 5.88 Å². The van der Waals surface area contributed by atoms with Gasteiger partial charge in [-0.05, 0) is 19.4 Å². The predicted molar refractivity (Wildman–Crippen MR) is 72.5 cm³/mol. The van der Waals surface area contributed by atoms with Crippen molar-refractivity contribution in [3.8, 4) is 5.88 Å². The summed E-state index contributed by atoms with van der Waals surface area (Å²) in [5.74, 6) is 0.719. The van der Waals surface area contributed by atoms with Crippen molar-refractivity contribution in [2.75, 3.05) is 19.0 Å². The van der Waals surface area contributed by atoms with Crippen molar-refractivity contribution < 1.29 is 17.9 Å². The first-order valence-corrected chi connectivity index (χ1v) is 6.86. The van der Waals surface area contributed by atoms with E-state index in [0.29, 0.717) is 11.8 Å². The summed E-state index contributed by atoms with van der Waals surface area (Å²) in [6.45, 7) is 1.91. The largest absolute Gasteiger partial charge is 0.477 e. The molecule has 0 amide bonds. The van der Waals surface area contributed by atoms with Crippen LogP contribution in [0.3, 0.4) is 0 Å². The highest BCUT2D eigenvalue weighted by Crippen LogP contribution is 2.31. The van der Waals surface area contributed by atoms with E-state index < -0.39 is 12.6 Å². The Hall–Kier alpha value is -1.57. The number of halogens is 3. The lowest BCUT2D eigenvalue weighted by Crippen LogP contribution is -2.10. The van der Waals surface area contributed by atoms with E-state index in [1.165, 1.54) is 11.3 Å². The molecule has 1 N–H and O–H groups in total. The number of ether oxygens (including phenoxy) is 1. The Balaban J connectivity index is 2.12. The maximum Gasteiger partial charge on any atom is 0.389 e. The van der Waals surface area contributed by atoms with E-state index in [9.17, 15) is 13.2 Å². The summed E-state index contributed by atoms with van der Waals surface area (Å²) in [5, 5.41) is 3.54. The fourth-order valence-electron chi connectivity index (χ4n) is 1.68. The zero-order chi connectivity index (χ0) is 14.8. The van der Waals surface area contributed by atoms with Crippen molar-refractivity contribution in [3.05, 3.63) is 10.9 Å². The highest BCUT2D eigenvalue weighted by atomic mass is 32.1. The van der Waals surface area contributed by atoms with Crippen molar-refractivity contribution in [1.82, 2.24) is 9.97 Å². The van der Waals surface area contributed by atoms with E-state index in [4.69, 9.17) is 4.74 Å². The molecule has 0 aliphatic carbocycles. The van der Waals surface area contributed by atoms with Crippen LogP contribution < -0.4 is 10.1 Å². The van der Waals surface area contributed by atoms with Crippen molar-refractivity contribution in [2.24, 2.45) is 0 Å². The zero-order valence-electron chi connectivity index (χ0n) is 11.0. The van der Waals surface area contributed by atoms with Crippen molar-refractivity contribution >= 4 is 27.5 Å². The van der Waals surface area contributed by atoms with Crippen LogP contribution >= 0.6 is 11.3 Å². The molecule has 110 valence electrons. The second-order valence-electron chi connectivity index (χ2n) is 4.25. The second kappa shape index (κ2) is 5.82. The van der Waals surface area contributed by atoms with Crippen molar-refractivity contribution in [2.45, 2.75) is 25.9 Å². The maximum atomic E-state index is 12.1. The number of alkyl halides is 3. The number of hydrogen-bond acceptors (Lipinski definition) is 5. The van der Waals surface area contributed by atoms with Crippen LogP contribution in [0.25, 0.3) is 10.2 Å². The zero-order valence-corrected chi connectivity index (χ0v) is 11.9. The third-order valence-electron chi connectivity index (χ3n) is 2.55. The van der Waals surface area contributed by atoms with E-state index in [2.05, 4.69) is 15.3 Å². The van der Waals surface area contributed by atoms with Gasteiger partial charge in [-0.15, -0.1) is 11.3 Å². The summed E-state index contributed by atoms with van der Waals surface area (Å²) in [6, 6.07) is 1.87. The molecule has 0 fully saturated rings. The Morgan fingerprint density at radius 1 is 1.35 bits per heavy atom. The first kappa shape index (κ1) is 14.8. The minimum Gasteiger partial charge on any atom is -0.477 e. The van der Waals surface area contributed by atoms with Gasteiger partial charge in [-0.1, -0.05) is 0 Å². The average molecular weight is 305 g/mol. The molecule has 2 rings (SSSR count). The molecule has 2 heterocycles. The summed E-state index contributed by atoms with van der Waals surface area (Å²) in [6.07, 6.45) is -5.10. The third-order valence-corrected chi connectivity index (χ3v) is 3.49. The first-order chi connectivity index (χ1) is 9.39. The standard InChI is InChI=1S/C12H14F3N3OS/c1-7-6-8-9(19-5-3-4-12(13,14)15)17-11(16-2)18-10(8)20-7/h6H,3-5H2,1-2H3,(H,16,17,18). The van der Waals surface area contributed by atoms with Crippen LogP contribution in [-0.2, 0) is 0 Å². The minimum atomic E-state index is -4.15. The normalized spacial score (nSPS) is 11.8. The van der Waals surface area contributed by atoms with Gasteiger partial charge in [0.05, 0.1) is 12.0 Å². The lowest BCUT2D eigenvalue weighted by Gasteiger charge is -2.09. The number of rotatable bonds is 5. The number of aromatic nitrogens is 2. The Morgan fingerprint density at radius 2 is 2.10 bits per heavy atom. The van der Waals surface area contributed by atoms with Crippen LogP contribution in [0.1, 0.15) is 17.7 Å². The lowest BCUT2D eigenvalue weighted by molar-refractivity contribution is -0.136. The van der Waals surface area contributed by atoms with Gasteiger partial charge in [0.2, 0.25) is 11.8 Å². The van der Waals surface area contributed by atoms with Crippen LogP contribution in [0, 0.1) is 6.92 Å². The number of anilines is 1. The van der Waals surface area contributed by atoms with E-state index in [0.717, 1.165) is 15.1 Å². The molecule has 0 saturated heterocycles. The fourth-order valence-corrected chi connectivity index (χ4v) is 2.55. The van der Waals surface area contributed by atoms with E-state index in [1.807, 2.05) is 13.0 Å². The maximum absolute atomic E-state index is 12.1. The molecular weight excluding hydrogens is 291 g/mol. The second-order valence-corrected chi connectivity index (χ2v) is 5.48. The van der Waals surface area contributed by atoms with Crippen molar-refractivity contribution in [3.63, 3.8) is 0 Å². The molecule has 8 heteroatoms. The van der Waals surface area contributed by atoms with Crippen LogP contribution in [-0.4, -0.2) is 29.8 Å². The molecule has 0 bridgehead atoms. The van der Waals surface area contributed by atoms with Gasteiger partial charge < -0.3 is 10.1 Å². The van der Waals surface area contributed by atoms with Gasteiger partial charge in [-0.2, -0.15) is 18.2 Å². The van der Waals surface area contributed by atoms with E-state index in [1.54, 1.807) is 7.05 Å². The smallest absolute Gasteiger partial charge is 0.389 e. The molecule has 0 radical (unpaired) electrons. The fraction of sp³-hybridized carbons (Fsp3) is 0.500. The Labute approximate surface area is 118 Å². The summed E-state index contributed by atoms with van der Waals surface area (Å²) >= 11 is 1.49. The molecule has 20 heavy (non-hydrogen) atoms. The van der Waals surface area contributed by atoms with Crippen molar-refractivity contribution in [1.29, 1.82) is 0 Å². The topological polar surface area (TPSA) is 47.0 Å². The Morgan fingerprint density at radius 3 is 2.75 bits per heavy atom. The number of aryl methyl sites for hydroxylation is 1. The van der Waals surface area contributed by atoms with Gasteiger partial charge >= 0.3 is 6.18 Å². The van der Waals surface area contributed by atoms with Gasteiger partial charge in [-0.25, -0.2) is 4.98 Å².